The van der Waals surface area contributed by atoms with Crippen molar-refractivity contribution < 1.29 is 14.3 Å². The van der Waals surface area contributed by atoms with Gasteiger partial charge in [-0.2, -0.15) is 0 Å². The predicted octanol–water partition coefficient (Wildman–Crippen LogP) is 0.958. The fourth-order valence-corrected chi connectivity index (χ4v) is 4.44. The number of hydrogen-bond donors (Lipinski definition) is 0. The lowest BCUT2D eigenvalue weighted by molar-refractivity contribution is -0.135. The number of hydrogen-bond acceptors (Lipinski definition) is 4. The van der Waals surface area contributed by atoms with Crippen LogP contribution in [-0.2, 0) is 14.3 Å². The van der Waals surface area contributed by atoms with E-state index < -0.39 is 0 Å². The number of nitrogens with zero attached hydrogens (tertiary/aromatic N) is 3. The van der Waals surface area contributed by atoms with E-state index in [1.165, 1.54) is 0 Å². The minimum Gasteiger partial charge on any atom is -0.381 e. The van der Waals surface area contributed by atoms with Gasteiger partial charge in [0.1, 0.15) is 0 Å². The average molecular weight is 337 g/mol. The number of likely N-dealkylation sites (tertiary alicyclic amines) is 2. The summed E-state index contributed by atoms with van der Waals surface area (Å²) in [4.78, 5) is 31.4. The molecule has 2 amide bonds. The van der Waals surface area contributed by atoms with Crippen LogP contribution in [0.4, 0.5) is 0 Å². The van der Waals surface area contributed by atoms with E-state index in [-0.39, 0.29) is 17.4 Å². The van der Waals surface area contributed by atoms with Gasteiger partial charge in [0.15, 0.2) is 0 Å². The van der Waals surface area contributed by atoms with E-state index in [4.69, 9.17) is 4.74 Å². The van der Waals surface area contributed by atoms with Crippen LogP contribution in [0.1, 0.15) is 38.5 Å². The van der Waals surface area contributed by atoms with E-state index in [0.717, 1.165) is 58.3 Å². The molecule has 136 valence electrons. The van der Waals surface area contributed by atoms with Crippen LogP contribution < -0.4 is 0 Å². The van der Waals surface area contributed by atoms with Crippen molar-refractivity contribution in [3.63, 3.8) is 0 Å². The number of rotatable bonds is 4. The summed E-state index contributed by atoms with van der Waals surface area (Å²) in [6.07, 6.45) is 5.41. The maximum atomic E-state index is 12.7. The molecular weight excluding hydrogens is 306 g/mol. The van der Waals surface area contributed by atoms with Gasteiger partial charge in [-0.25, -0.2) is 0 Å². The number of amides is 2. The van der Waals surface area contributed by atoms with Gasteiger partial charge in [0.05, 0.1) is 12.5 Å². The van der Waals surface area contributed by atoms with Crippen molar-refractivity contribution >= 4 is 11.8 Å². The van der Waals surface area contributed by atoms with Crippen molar-refractivity contribution in [1.29, 1.82) is 0 Å². The van der Waals surface area contributed by atoms with Crippen molar-refractivity contribution in [1.82, 2.24) is 14.7 Å². The first-order valence-electron chi connectivity index (χ1n) is 9.34. The highest BCUT2D eigenvalue weighted by atomic mass is 16.5. The van der Waals surface area contributed by atoms with Crippen LogP contribution >= 0.6 is 0 Å². The minimum atomic E-state index is -0.0195. The second-order valence-electron chi connectivity index (χ2n) is 7.81. The summed E-state index contributed by atoms with van der Waals surface area (Å²) in [6, 6.07) is 0. The van der Waals surface area contributed by atoms with Crippen LogP contribution in [0.25, 0.3) is 0 Å². The summed E-state index contributed by atoms with van der Waals surface area (Å²) in [6.45, 7) is 4.59. The summed E-state index contributed by atoms with van der Waals surface area (Å²) in [5, 5.41) is 0. The van der Waals surface area contributed by atoms with Crippen molar-refractivity contribution in [3.05, 3.63) is 0 Å². The second kappa shape index (κ2) is 7.40. The van der Waals surface area contributed by atoms with E-state index in [1.54, 1.807) is 0 Å². The van der Waals surface area contributed by atoms with Crippen LogP contribution in [0.5, 0.6) is 0 Å². The zero-order valence-electron chi connectivity index (χ0n) is 15.1. The summed E-state index contributed by atoms with van der Waals surface area (Å²) in [7, 11) is 4.09. The summed E-state index contributed by atoms with van der Waals surface area (Å²) in [5.41, 5.74) is -0.0195. The largest absolute Gasteiger partial charge is 0.381 e. The van der Waals surface area contributed by atoms with Crippen LogP contribution in [0.15, 0.2) is 0 Å². The van der Waals surface area contributed by atoms with Gasteiger partial charge in [-0.05, 0) is 46.2 Å². The van der Waals surface area contributed by atoms with Crippen LogP contribution in [0.3, 0.4) is 0 Å². The Morgan fingerprint density at radius 3 is 2.83 bits per heavy atom. The minimum absolute atomic E-state index is 0.0195. The number of likely N-dealkylation sites (N-methyl/N-ethyl adjacent to an activating group) is 1. The maximum Gasteiger partial charge on any atom is 0.228 e. The Kier molecular flexibility index (Phi) is 5.45. The second-order valence-corrected chi connectivity index (χ2v) is 7.81. The third kappa shape index (κ3) is 3.59. The van der Waals surface area contributed by atoms with Crippen molar-refractivity contribution in [2.24, 2.45) is 5.92 Å². The third-order valence-electron chi connectivity index (χ3n) is 5.96. The molecule has 6 nitrogen and oxygen atoms in total. The fourth-order valence-electron chi connectivity index (χ4n) is 4.44. The Bertz CT molecular complexity index is 476. The first kappa shape index (κ1) is 17.7. The molecule has 0 aromatic carbocycles. The first-order chi connectivity index (χ1) is 11.5. The van der Waals surface area contributed by atoms with Gasteiger partial charge in [0, 0.05) is 44.7 Å². The van der Waals surface area contributed by atoms with Gasteiger partial charge in [0.2, 0.25) is 11.8 Å². The molecule has 24 heavy (non-hydrogen) atoms. The molecule has 1 spiro atoms. The molecule has 3 rings (SSSR count). The fraction of sp³-hybridized carbons (Fsp3) is 0.889. The maximum absolute atomic E-state index is 12.7. The van der Waals surface area contributed by atoms with Gasteiger partial charge in [-0.15, -0.1) is 0 Å². The molecule has 0 saturated carbocycles. The third-order valence-corrected chi connectivity index (χ3v) is 5.96. The molecule has 3 aliphatic rings. The standard InChI is InChI=1S/C18H31N3O3/c1-19(2)11-12-21-16(22)4-7-18(21)6-3-9-20(10-8-18)17(23)15-5-13-24-14-15/h15H,3-14H2,1-2H3. The topological polar surface area (TPSA) is 53.1 Å². The molecule has 2 atom stereocenters. The molecular formula is C18H31N3O3. The lowest BCUT2D eigenvalue weighted by Crippen LogP contribution is -2.49. The summed E-state index contributed by atoms with van der Waals surface area (Å²) >= 11 is 0. The van der Waals surface area contributed by atoms with Crippen LogP contribution in [0, 0.1) is 5.92 Å². The molecule has 3 fully saturated rings. The summed E-state index contributed by atoms with van der Waals surface area (Å²) < 4.78 is 5.37. The molecule has 0 aliphatic carbocycles. The van der Waals surface area contributed by atoms with Gasteiger partial charge in [0.25, 0.3) is 0 Å². The van der Waals surface area contributed by atoms with Crippen molar-refractivity contribution in [3.8, 4) is 0 Å². The van der Waals surface area contributed by atoms with Crippen molar-refractivity contribution in [2.45, 2.75) is 44.1 Å². The Labute approximate surface area is 145 Å². The monoisotopic (exact) mass is 337 g/mol. The van der Waals surface area contributed by atoms with Gasteiger partial charge >= 0.3 is 0 Å². The van der Waals surface area contributed by atoms with Gasteiger partial charge in [-0.3, -0.25) is 9.59 Å². The van der Waals surface area contributed by atoms with E-state index in [1.807, 2.05) is 19.0 Å². The average Bonchev–Trinajstić information content (AvgIpc) is 3.12. The van der Waals surface area contributed by atoms with Gasteiger partial charge < -0.3 is 19.4 Å². The van der Waals surface area contributed by atoms with E-state index in [0.29, 0.717) is 25.5 Å². The molecule has 2 unspecified atom stereocenters. The smallest absolute Gasteiger partial charge is 0.228 e. The predicted molar refractivity (Wildman–Crippen MR) is 91.6 cm³/mol. The molecule has 3 saturated heterocycles. The summed E-state index contributed by atoms with van der Waals surface area (Å²) in [5.74, 6) is 0.601. The Morgan fingerprint density at radius 1 is 1.29 bits per heavy atom. The number of ether oxygens (including phenoxy) is 1. The van der Waals surface area contributed by atoms with E-state index in [9.17, 15) is 9.59 Å². The zero-order valence-corrected chi connectivity index (χ0v) is 15.1. The zero-order chi connectivity index (χ0) is 17.2. The highest BCUT2D eigenvalue weighted by Gasteiger charge is 2.46. The quantitative estimate of drug-likeness (QED) is 0.767. The Morgan fingerprint density at radius 2 is 2.12 bits per heavy atom. The highest BCUT2D eigenvalue weighted by molar-refractivity contribution is 5.80. The molecule has 6 heteroatoms. The van der Waals surface area contributed by atoms with E-state index in [2.05, 4.69) is 9.80 Å². The Balaban J connectivity index is 1.64. The van der Waals surface area contributed by atoms with Crippen molar-refractivity contribution in [2.75, 3.05) is 53.5 Å². The van der Waals surface area contributed by atoms with Gasteiger partial charge in [-0.1, -0.05) is 0 Å². The van der Waals surface area contributed by atoms with Crippen LogP contribution in [0.2, 0.25) is 0 Å². The first-order valence-corrected chi connectivity index (χ1v) is 9.34. The number of carbonyl (C=O) groups is 2. The van der Waals surface area contributed by atoms with E-state index >= 15 is 0 Å². The molecule has 0 aromatic heterocycles. The molecule has 0 bridgehead atoms. The molecule has 0 aromatic rings. The molecule has 3 heterocycles. The molecule has 0 N–H and O–H groups in total. The highest BCUT2D eigenvalue weighted by Crippen LogP contribution is 2.39. The molecule has 0 radical (unpaired) electrons. The lowest BCUT2D eigenvalue weighted by Gasteiger charge is -2.38. The Hall–Kier alpha value is -1.14. The normalized spacial score (nSPS) is 31.3. The molecule has 3 aliphatic heterocycles. The lowest BCUT2D eigenvalue weighted by atomic mass is 9.87. The van der Waals surface area contributed by atoms with Crippen LogP contribution in [-0.4, -0.2) is 85.5 Å². The number of carbonyl (C=O) groups excluding carboxylic acids is 2. The SMILES string of the molecule is CN(C)CCN1C(=O)CCC12CCCN(C(=O)C1CCOC1)CC2.